The van der Waals surface area contributed by atoms with Crippen LogP contribution in [-0.2, 0) is 4.79 Å². The molecule has 0 aliphatic heterocycles. The molecular weight excluding hydrogens is 385 g/mol. The Morgan fingerprint density at radius 1 is 1.30 bits per heavy atom. The number of amides is 1. The number of halogens is 1. The fraction of sp³-hybridized carbons (Fsp3) is 0.316. The summed E-state index contributed by atoms with van der Waals surface area (Å²) in [5, 5.41) is 5.22. The molecule has 1 aromatic carbocycles. The molecular formula is C19H20FN3O2S2. The first-order valence-corrected chi connectivity index (χ1v) is 10.2. The second-order valence-corrected chi connectivity index (χ2v) is 9.39. The molecule has 2 heterocycles. The Morgan fingerprint density at radius 2 is 1.96 bits per heavy atom. The highest BCUT2D eigenvalue weighted by Gasteiger charge is 2.22. The highest BCUT2D eigenvalue weighted by molar-refractivity contribution is 8.00. The van der Waals surface area contributed by atoms with Crippen LogP contribution >= 0.6 is 23.1 Å². The van der Waals surface area contributed by atoms with Crippen molar-refractivity contribution < 1.29 is 9.18 Å². The Kier molecular flexibility index (Phi) is 5.39. The van der Waals surface area contributed by atoms with Crippen LogP contribution in [0.1, 0.15) is 27.7 Å². The monoisotopic (exact) mass is 405 g/mol. The number of aromatic nitrogens is 2. The maximum absolute atomic E-state index is 13.2. The van der Waals surface area contributed by atoms with Crippen molar-refractivity contribution in [2.75, 3.05) is 0 Å². The molecule has 2 aromatic heterocycles. The van der Waals surface area contributed by atoms with Gasteiger partial charge in [0, 0.05) is 16.5 Å². The van der Waals surface area contributed by atoms with Crippen molar-refractivity contribution in [2.45, 2.75) is 43.6 Å². The van der Waals surface area contributed by atoms with E-state index < -0.39 is 5.25 Å². The van der Waals surface area contributed by atoms with Gasteiger partial charge >= 0.3 is 0 Å². The topological polar surface area (TPSA) is 74.8 Å². The van der Waals surface area contributed by atoms with Crippen LogP contribution in [0.25, 0.3) is 21.3 Å². The molecule has 2 N–H and O–H groups in total. The summed E-state index contributed by atoms with van der Waals surface area (Å²) in [5.41, 5.74) is 0.882. The number of fused-ring (bicyclic) bond motifs is 1. The third-order valence-electron chi connectivity index (χ3n) is 3.73. The maximum atomic E-state index is 13.2. The molecule has 0 aliphatic carbocycles. The van der Waals surface area contributed by atoms with Crippen LogP contribution in [0.2, 0.25) is 0 Å². The largest absolute Gasteiger partial charge is 0.351 e. The number of H-pyrrole nitrogens is 1. The third kappa shape index (κ3) is 4.56. The van der Waals surface area contributed by atoms with Crippen molar-refractivity contribution >= 4 is 39.2 Å². The average molecular weight is 406 g/mol. The predicted octanol–water partition coefficient (Wildman–Crippen LogP) is 4.19. The lowest BCUT2D eigenvalue weighted by Gasteiger charge is -2.22. The van der Waals surface area contributed by atoms with Crippen LogP contribution in [-0.4, -0.2) is 26.7 Å². The van der Waals surface area contributed by atoms with E-state index in [0.717, 1.165) is 11.1 Å². The number of hydrogen-bond donors (Lipinski definition) is 2. The van der Waals surface area contributed by atoms with E-state index in [1.807, 2.05) is 26.2 Å². The molecule has 8 heteroatoms. The molecule has 0 spiro atoms. The molecule has 5 nitrogen and oxygen atoms in total. The van der Waals surface area contributed by atoms with Crippen molar-refractivity contribution in [1.82, 2.24) is 15.3 Å². The number of benzene rings is 1. The lowest BCUT2D eigenvalue weighted by atomic mass is 10.1. The number of hydrogen-bond acceptors (Lipinski definition) is 5. The zero-order chi connectivity index (χ0) is 19.8. The number of rotatable bonds is 4. The standard InChI is InChI=1S/C19H20FN3O2S2/c1-10(15(24)23-19(2,3)4)27-18-21-16(25)14-13(9-26-17(14)22-18)11-5-7-12(20)8-6-11/h5-10H,1-4H3,(H,23,24)(H,21,22,25). The third-order valence-corrected chi connectivity index (χ3v) is 5.59. The van der Waals surface area contributed by atoms with E-state index in [4.69, 9.17) is 0 Å². The predicted molar refractivity (Wildman–Crippen MR) is 109 cm³/mol. The Morgan fingerprint density at radius 3 is 2.59 bits per heavy atom. The Bertz CT molecular complexity index is 1040. The summed E-state index contributed by atoms with van der Waals surface area (Å²) in [7, 11) is 0. The van der Waals surface area contributed by atoms with Crippen molar-refractivity contribution in [1.29, 1.82) is 0 Å². The van der Waals surface area contributed by atoms with Gasteiger partial charge in [0.05, 0.1) is 10.6 Å². The summed E-state index contributed by atoms with van der Waals surface area (Å²) in [5.74, 6) is -0.444. The number of carbonyl (C=O) groups is 1. The number of nitrogens with zero attached hydrogens (tertiary/aromatic N) is 1. The second kappa shape index (κ2) is 7.44. The van der Waals surface area contributed by atoms with E-state index >= 15 is 0 Å². The highest BCUT2D eigenvalue weighted by atomic mass is 32.2. The smallest absolute Gasteiger partial charge is 0.260 e. The van der Waals surface area contributed by atoms with Crippen LogP contribution in [0.4, 0.5) is 4.39 Å². The van der Waals surface area contributed by atoms with Gasteiger partial charge in [-0.05, 0) is 45.4 Å². The van der Waals surface area contributed by atoms with Crippen molar-refractivity contribution in [3.05, 3.63) is 45.8 Å². The van der Waals surface area contributed by atoms with Gasteiger partial charge < -0.3 is 10.3 Å². The molecule has 27 heavy (non-hydrogen) atoms. The molecule has 0 radical (unpaired) electrons. The van der Waals surface area contributed by atoms with Crippen LogP contribution < -0.4 is 10.9 Å². The normalized spacial score (nSPS) is 12.9. The molecule has 142 valence electrons. The summed E-state index contributed by atoms with van der Waals surface area (Å²) in [6.07, 6.45) is 0. The number of aromatic amines is 1. The fourth-order valence-electron chi connectivity index (χ4n) is 2.52. The molecule has 3 aromatic rings. The van der Waals surface area contributed by atoms with Gasteiger partial charge in [0.25, 0.3) is 5.56 Å². The van der Waals surface area contributed by atoms with Crippen molar-refractivity contribution in [2.24, 2.45) is 0 Å². The number of thioether (sulfide) groups is 1. The summed E-state index contributed by atoms with van der Waals surface area (Å²) in [6.45, 7) is 7.51. The maximum Gasteiger partial charge on any atom is 0.260 e. The summed E-state index contributed by atoms with van der Waals surface area (Å²) in [4.78, 5) is 32.7. The quantitative estimate of drug-likeness (QED) is 0.504. The van der Waals surface area contributed by atoms with Crippen LogP contribution in [0.5, 0.6) is 0 Å². The molecule has 0 saturated carbocycles. The van der Waals surface area contributed by atoms with Gasteiger partial charge in [0.2, 0.25) is 5.91 Å². The van der Waals surface area contributed by atoms with Gasteiger partial charge in [-0.15, -0.1) is 11.3 Å². The Hall–Kier alpha value is -2.19. The lowest BCUT2D eigenvalue weighted by Crippen LogP contribution is -2.44. The van der Waals surface area contributed by atoms with Gasteiger partial charge in [0.1, 0.15) is 10.6 Å². The fourth-order valence-corrected chi connectivity index (χ4v) is 4.32. The molecule has 0 bridgehead atoms. The van der Waals surface area contributed by atoms with Gasteiger partial charge in [-0.1, -0.05) is 23.9 Å². The van der Waals surface area contributed by atoms with Gasteiger partial charge in [0.15, 0.2) is 5.16 Å². The van der Waals surface area contributed by atoms with E-state index in [1.54, 1.807) is 19.1 Å². The summed E-state index contributed by atoms with van der Waals surface area (Å²) in [6, 6.07) is 6.00. The summed E-state index contributed by atoms with van der Waals surface area (Å²) < 4.78 is 13.2. The molecule has 3 rings (SSSR count). The highest BCUT2D eigenvalue weighted by Crippen LogP contribution is 2.32. The average Bonchev–Trinajstić information content (AvgIpc) is 2.98. The van der Waals surface area contributed by atoms with Crippen LogP contribution in [0.15, 0.2) is 39.6 Å². The molecule has 0 saturated heterocycles. The Labute approximate surface area is 164 Å². The van der Waals surface area contributed by atoms with Crippen molar-refractivity contribution in [3.63, 3.8) is 0 Å². The number of carbonyl (C=O) groups excluding carboxylic acids is 1. The number of nitrogens with one attached hydrogen (secondary N) is 2. The zero-order valence-electron chi connectivity index (χ0n) is 15.4. The molecule has 1 atom stereocenters. The van der Waals surface area contributed by atoms with Gasteiger partial charge in [-0.2, -0.15) is 0 Å². The van der Waals surface area contributed by atoms with E-state index in [9.17, 15) is 14.0 Å². The molecule has 0 aliphatic rings. The first kappa shape index (κ1) is 19.6. The second-order valence-electron chi connectivity index (χ2n) is 7.21. The first-order chi connectivity index (χ1) is 12.6. The zero-order valence-corrected chi connectivity index (χ0v) is 17.1. The molecule has 1 amide bonds. The molecule has 1 unspecified atom stereocenters. The minimum atomic E-state index is -0.402. The summed E-state index contributed by atoms with van der Waals surface area (Å²) >= 11 is 2.55. The van der Waals surface area contributed by atoms with Crippen LogP contribution in [0, 0.1) is 5.82 Å². The van der Waals surface area contributed by atoms with Crippen LogP contribution in [0.3, 0.4) is 0 Å². The minimum Gasteiger partial charge on any atom is -0.351 e. The SMILES string of the molecule is CC(Sc1nc2scc(-c3ccc(F)cc3)c2c(=O)[nH]1)C(=O)NC(C)(C)C. The molecule has 0 fully saturated rings. The van der Waals surface area contributed by atoms with E-state index in [1.165, 1.54) is 35.2 Å². The minimum absolute atomic E-state index is 0.117. The van der Waals surface area contributed by atoms with Crippen molar-refractivity contribution in [3.8, 4) is 11.1 Å². The van der Waals surface area contributed by atoms with Gasteiger partial charge in [-0.3, -0.25) is 9.59 Å². The van der Waals surface area contributed by atoms with E-state index in [0.29, 0.717) is 15.4 Å². The van der Waals surface area contributed by atoms with E-state index in [2.05, 4.69) is 15.3 Å². The Balaban J connectivity index is 1.89. The van der Waals surface area contributed by atoms with E-state index in [-0.39, 0.29) is 22.8 Å². The first-order valence-electron chi connectivity index (χ1n) is 8.40. The number of thiophene rings is 1. The lowest BCUT2D eigenvalue weighted by molar-refractivity contribution is -0.121. The van der Waals surface area contributed by atoms with Gasteiger partial charge in [-0.25, -0.2) is 9.37 Å².